The van der Waals surface area contributed by atoms with Gasteiger partial charge in [-0.05, 0) is 56.0 Å². The molecule has 0 unspecified atom stereocenters. The zero-order valence-corrected chi connectivity index (χ0v) is 12.5. The van der Waals surface area contributed by atoms with E-state index in [9.17, 15) is 0 Å². The van der Waals surface area contributed by atoms with Crippen molar-refractivity contribution < 1.29 is 4.74 Å². The van der Waals surface area contributed by atoms with Gasteiger partial charge in [0.1, 0.15) is 5.75 Å². The lowest BCUT2D eigenvalue weighted by molar-refractivity contribution is 0.415. The summed E-state index contributed by atoms with van der Waals surface area (Å²) in [6.45, 7) is 6.70. The van der Waals surface area contributed by atoms with Crippen molar-refractivity contribution in [2.24, 2.45) is 10.9 Å². The average molecular weight is 259 g/mol. The van der Waals surface area contributed by atoms with Crippen molar-refractivity contribution in [3.05, 3.63) is 35.9 Å². The van der Waals surface area contributed by atoms with E-state index in [0.29, 0.717) is 0 Å². The minimum absolute atomic E-state index is 0.792. The summed E-state index contributed by atoms with van der Waals surface area (Å²) < 4.78 is 5.11. The molecule has 19 heavy (non-hydrogen) atoms. The Balaban J connectivity index is 2.42. The van der Waals surface area contributed by atoms with Gasteiger partial charge in [-0.1, -0.05) is 25.8 Å². The molecule has 0 aliphatic carbocycles. The second-order valence-corrected chi connectivity index (χ2v) is 5.28. The molecule has 0 saturated heterocycles. The van der Waals surface area contributed by atoms with E-state index in [1.807, 2.05) is 30.5 Å². The molecular weight excluding hydrogens is 234 g/mol. The van der Waals surface area contributed by atoms with Gasteiger partial charge in [-0.2, -0.15) is 0 Å². The first-order valence-electron chi connectivity index (χ1n) is 6.95. The molecule has 0 heterocycles. The van der Waals surface area contributed by atoms with Crippen molar-refractivity contribution in [3.8, 4) is 5.75 Å². The van der Waals surface area contributed by atoms with Crippen molar-refractivity contribution in [1.29, 1.82) is 0 Å². The van der Waals surface area contributed by atoms with E-state index in [1.165, 1.54) is 18.4 Å². The van der Waals surface area contributed by atoms with Gasteiger partial charge in [0.25, 0.3) is 0 Å². The molecule has 0 aliphatic heterocycles. The zero-order valence-electron chi connectivity index (χ0n) is 12.5. The first-order valence-corrected chi connectivity index (χ1v) is 6.95. The van der Waals surface area contributed by atoms with E-state index in [1.54, 1.807) is 7.11 Å². The Kier molecular flexibility index (Phi) is 6.94. The summed E-state index contributed by atoms with van der Waals surface area (Å²) in [4.78, 5) is 4.41. The van der Waals surface area contributed by atoms with Gasteiger partial charge in [0.15, 0.2) is 0 Å². The maximum absolute atomic E-state index is 5.11. The van der Waals surface area contributed by atoms with Crippen LogP contribution in [-0.4, -0.2) is 13.3 Å². The highest BCUT2D eigenvalue weighted by molar-refractivity contribution is 5.75. The van der Waals surface area contributed by atoms with Crippen molar-refractivity contribution in [2.75, 3.05) is 7.11 Å². The molecule has 0 saturated carbocycles. The van der Waals surface area contributed by atoms with Crippen LogP contribution in [0.5, 0.6) is 5.75 Å². The number of ether oxygens (including phenoxy) is 1. The Morgan fingerprint density at radius 2 is 1.95 bits per heavy atom. The quantitative estimate of drug-likeness (QED) is 0.619. The van der Waals surface area contributed by atoms with Gasteiger partial charge in [-0.3, -0.25) is 4.99 Å². The summed E-state index contributed by atoms with van der Waals surface area (Å²) in [5, 5.41) is 0. The second-order valence-electron chi connectivity index (χ2n) is 5.28. The third kappa shape index (κ3) is 6.80. The van der Waals surface area contributed by atoms with E-state index in [2.05, 4.69) is 31.8 Å². The van der Waals surface area contributed by atoms with Crippen LogP contribution >= 0.6 is 0 Å². The van der Waals surface area contributed by atoms with Crippen LogP contribution in [0.25, 0.3) is 0 Å². The highest BCUT2D eigenvalue weighted by atomic mass is 16.5. The molecule has 1 aromatic rings. The van der Waals surface area contributed by atoms with Gasteiger partial charge in [0.05, 0.1) is 12.8 Å². The fourth-order valence-corrected chi connectivity index (χ4v) is 1.79. The fraction of sp³-hybridized carbons (Fsp3) is 0.471. The minimum Gasteiger partial charge on any atom is -0.497 e. The van der Waals surface area contributed by atoms with E-state index < -0.39 is 0 Å². The van der Waals surface area contributed by atoms with Gasteiger partial charge in [0.2, 0.25) is 0 Å². The SMILES string of the molecule is COc1ccc(N=C/C=C(\C)CCCC(C)C)cc1. The van der Waals surface area contributed by atoms with Crippen LogP contribution in [0, 0.1) is 5.92 Å². The summed E-state index contributed by atoms with van der Waals surface area (Å²) in [6.07, 6.45) is 7.70. The maximum Gasteiger partial charge on any atom is 0.119 e. The molecule has 104 valence electrons. The third-order valence-electron chi connectivity index (χ3n) is 3.01. The minimum atomic E-state index is 0.792. The van der Waals surface area contributed by atoms with Crippen molar-refractivity contribution >= 4 is 11.9 Å². The standard InChI is InChI=1S/C17H25NO/c1-14(2)6-5-7-15(3)12-13-18-16-8-10-17(19-4)11-9-16/h8-14H,5-7H2,1-4H3/b15-12+,18-13?. The Labute approximate surface area is 117 Å². The molecule has 0 bridgehead atoms. The normalized spacial score (nSPS) is 12.4. The number of hydrogen-bond acceptors (Lipinski definition) is 2. The van der Waals surface area contributed by atoms with E-state index in [0.717, 1.165) is 23.8 Å². The molecule has 0 N–H and O–H groups in total. The molecule has 0 aromatic heterocycles. The Morgan fingerprint density at radius 3 is 2.53 bits per heavy atom. The largest absolute Gasteiger partial charge is 0.497 e. The topological polar surface area (TPSA) is 21.6 Å². The molecule has 2 heteroatoms. The summed E-state index contributed by atoms with van der Waals surface area (Å²) in [5.74, 6) is 1.65. The van der Waals surface area contributed by atoms with Crippen LogP contribution in [0.4, 0.5) is 5.69 Å². The van der Waals surface area contributed by atoms with Crippen LogP contribution in [-0.2, 0) is 0 Å². The van der Waals surface area contributed by atoms with Gasteiger partial charge in [-0.25, -0.2) is 0 Å². The van der Waals surface area contributed by atoms with Crippen LogP contribution in [0.3, 0.4) is 0 Å². The molecule has 2 nitrogen and oxygen atoms in total. The first kappa shape index (κ1) is 15.5. The average Bonchev–Trinajstić information content (AvgIpc) is 2.39. The van der Waals surface area contributed by atoms with E-state index >= 15 is 0 Å². The first-order chi connectivity index (χ1) is 9.11. The summed E-state index contributed by atoms with van der Waals surface area (Å²) >= 11 is 0. The monoisotopic (exact) mass is 259 g/mol. The van der Waals surface area contributed by atoms with E-state index in [4.69, 9.17) is 4.74 Å². The zero-order chi connectivity index (χ0) is 14.1. The van der Waals surface area contributed by atoms with E-state index in [-0.39, 0.29) is 0 Å². The molecule has 0 aliphatic rings. The number of rotatable bonds is 7. The Morgan fingerprint density at radius 1 is 1.26 bits per heavy atom. The second kappa shape index (κ2) is 8.52. The van der Waals surface area contributed by atoms with Crippen molar-refractivity contribution in [3.63, 3.8) is 0 Å². The van der Waals surface area contributed by atoms with Gasteiger partial charge < -0.3 is 4.74 Å². The molecule has 0 fully saturated rings. The molecule has 0 spiro atoms. The predicted octanol–water partition coefficient (Wildman–Crippen LogP) is 5.17. The summed E-state index contributed by atoms with van der Waals surface area (Å²) in [6, 6.07) is 7.76. The lowest BCUT2D eigenvalue weighted by Gasteiger charge is -2.03. The van der Waals surface area contributed by atoms with Crippen LogP contribution < -0.4 is 4.74 Å². The highest BCUT2D eigenvalue weighted by Gasteiger charge is 1.94. The molecular formula is C17H25NO. The van der Waals surface area contributed by atoms with Crippen LogP contribution in [0.2, 0.25) is 0 Å². The highest BCUT2D eigenvalue weighted by Crippen LogP contribution is 2.17. The number of aliphatic imine (C=N–C) groups is 1. The molecule has 1 aromatic carbocycles. The molecule has 0 atom stereocenters. The fourth-order valence-electron chi connectivity index (χ4n) is 1.79. The molecule has 0 radical (unpaired) electrons. The summed E-state index contributed by atoms with van der Waals surface area (Å²) in [5.41, 5.74) is 2.34. The maximum atomic E-state index is 5.11. The Hall–Kier alpha value is -1.57. The number of methoxy groups -OCH3 is 1. The number of hydrogen-bond donors (Lipinski definition) is 0. The van der Waals surface area contributed by atoms with Gasteiger partial charge >= 0.3 is 0 Å². The lowest BCUT2D eigenvalue weighted by atomic mass is 10.0. The number of allylic oxidation sites excluding steroid dienone is 2. The van der Waals surface area contributed by atoms with Gasteiger partial charge in [0, 0.05) is 6.21 Å². The number of benzene rings is 1. The number of nitrogens with zero attached hydrogens (tertiary/aromatic N) is 1. The smallest absolute Gasteiger partial charge is 0.119 e. The van der Waals surface area contributed by atoms with Crippen molar-refractivity contribution in [2.45, 2.75) is 40.0 Å². The molecule has 1 rings (SSSR count). The summed E-state index contributed by atoms with van der Waals surface area (Å²) in [7, 11) is 1.67. The third-order valence-corrected chi connectivity index (χ3v) is 3.01. The van der Waals surface area contributed by atoms with Gasteiger partial charge in [-0.15, -0.1) is 0 Å². The lowest BCUT2D eigenvalue weighted by Crippen LogP contribution is -1.87. The van der Waals surface area contributed by atoms with Crippen LogP contribution in [0.15, 0.2) is 40.9 Å². The predicted molar refractivity (Wildman–Crippen MR) is 83.6 cm³/mol. The van der Waals surface area contributed by atoms with Crippen LogP contribution in [0.1, 0.15) is 40.0 Å². The molecule has 0 amide bonds. The van der Waals surface area contributed by atoms with Crippen molar-refractivity contribution in [1.82, 2.24) is 0 Å². The Bertz CT molecular complexity index is 415.